The molecule has 38 heavy (non-hydrogen) atoms. The molecule has 0 aliphatic carbocycles. The van der Waals surface area contributed by atoms with Crippen LogP contribution in [0.3, 0.4) is 0 Å². The van der Waals surface area contributed by atoms with Crippen molar-refractivity contribution in [1.82, 2.24) is 20.3 Å². The van der Waals surface area contributed by atoms with Crippen molar-refractivity contribution >= 4 is 33.4 Å². The first-order valence-corrected chi connectivity index (χ1v) is 13.3. The number of ether oxygens (including phenoxy) is 1. The number of nitrogens with one attached hydrogen (secondary N) is 2. The van der Waals surface area contributed by atoms with Gasteiger partial charge in [0.05, 0.1) is 0 Å². The second-order valence-electron chi connectivity index (χ2n) is 8.27. The number of pyridine rings is 1. The fourth-order valence-electron chi connectivity index (χ4n) is 3.91. The molecule has 0 radical (unpaired) electrons. The summed E-state index contributed by atoms with van der Waals surface area (Å²) in [5.74, 6) is -2.13. The molecule has 3 heterocycles. The van der Waals surface area contributed by atoms with Crippen molar-refractivity contribution in [1.29, 1.82) is 0 Å². The van der Waals surface area contributed by atoms with Gasteiger partial charge in [-0.05, 0) is 42.0 Å². The molecule has 0 unspecified atom stereocenters. The van der Waals surface area contributed by atoms with Crippen molar-refractivity contribution in [2.45, 2.75) is 4.90 Å². The molecule has 1 fully saturated rings. The van der Waals surface area contributed by atoms with E-state index in [1.54, 1.807) is 24.4 Å². The van der Waals surface area contributed by atoms with Gasteiger partial charge in [-0.1, -0.05) is 11.6 Å². The molecule has 1 saturated heterocycles. The maximum Gasteiger partial charge on any atom is 0.267 e. The molecule has 4 aromatic rings. The van der Waals surface area contributed by atoms with Crippen LogP contribution in [0.2, 0.25) is 5.02 Å². The Labute approximate surface area is 222 Å². The van der Waals surface area contributed by atoms with Crippen molar-refractivity contribution in [2.75, 3.05) is 35.8 Å². The maximum absolute atomic E-state index is 15.0. The topological polar surface area (TPSA) is 109 Å². The van der Waals surface area contributed by atoms with Crippen LogP contribution in [0.15, 0.2) is 72.0 Å². The van der Waals surface area contributed by atoms with Gasteiger partial charge in [0, 0.05) is 67.5 Å². The van der Waals surface area contributed by atoms with Crippen molar-refractivity contribution in [3.8, 4) is 22.6 Å². The third-order valence-corrected chi connectivity index (χ3v) is 7.30. The van der Waals surface area contributed by atoms with Gasteiger partial charge in [0.2, 0.25) is 5.95 Å². The minimum Gasteiger partial charge on any atom is -0.454 e. The quantitative estimate of drug-likeness (QED) is 0.342. The molecule has 196 valence electrons. The van der Waals surface area contributed by atoms with E-state index in [1.165, 1.54) is 24.5 Å². The lowest BCUT2D eigenvalue weighted by molar-refractivity contribution is 0.433. The molecule has 13 heteroatoms. The summed E-state index contributed by atoms with van der Waals surface area (Å²) in [5, 5.41) is 3.70. The van der Waals surface area contributed by atoms with Gasteiger partial charge < -0.3 is 15.0 Å². The Hall–Kier alpha value is -3.87. The van der Waals surface area contributed by atoms with E-state index in [1.807, 2.05) is 10.8 Å². The van der Waals surface area contributed by atoms with Gasteiger partial charge in [0.15, 0.2) is 11.6 Å². The number of halogens is 3. The molecular weight excluding hydrogens is 538 g/mol. The van der Waals surface area contributed by atoms with Crippen LogP contribution in [-0.2, 0) is 10.0 Å². The highest BCUT2D eigenvalue weighted by Gasteiger charge is 2.24. The van der Waals surface area contributed by atoms with E-state index in [-0.39, 0.29) is 11.7 Å². The Bertz CT molecular complexity index is 1570. The van der Waals surface area contributed by atoms with Crippen LogP contribution >= 0.6 is 11.6 Å². The van der Waals surface area contributed by atoms with Gasteiger partial charge in [-0.15, -0.1) is 0 Å². The van der Waals surface area contributed by atoms with Gasteiger partial charge in [-0.25, -0.2) is 36.9 Å². The predicted molar refractivity (Wildman–Crippen MR) is 139 cm³/mol. The lowest BCUT2D eigenvalue weighted by Crippen LogP contribution is -2.43. The highest BCUT2D eigenvalue weighted by atomic mass is 35.5. The first-order chi connectivity index (χ1) is 18.3. The monoisotopic (exact) mass is 558 g/mol. The molecule has 1 aliphatic rings. The molecule has 2 aromatic heterocycles. The largest absolute Gasteiger partial charge is 0.454 e. The number of piperazine rings is 1. The Balaban J connectivity index is 1.46. The lowest BCUT2D eigenvalue weighted by atomic mass is 10.1. The van der Waals surface area contributed by atoms with Crippen LogP contribution in [0.1, 0.15) is 0 Å². The summed E-state index contributed by atoms with van der Waals surface area (Å²) in [6, 6.07) is 11.0. The fraction of sp³-hybridized carbons (Fsp3) is 0.160. The summed E-state index contributed by atoms with van der Waals surface area (Å²) in [4.78, 5) is 13.1. The number of hydrogen-bond donors (Lipinski definition) is 2. The summed E-state index contributed by atoms with van der Waals surface area (Å²) < 4.78 is 63.0. The molecule has 0 spiro atoms. The number of rotatable bonds is 7. The van der Waals surface area contributed by atoms with Crippen LogP contribution in [0.4, 0.5) is 20.5 Å². The highest BCUT2D eigenvalue weighted by molar-refractivity contribution is 7.92. The van der Waals surface area contributed by atoms with E-state index in [4.69, 9.17) is 16.3 Å². The summed E-state index contributed by atoms with van der Waals surface area (Å²) in [5.41, 5.74) is 1.23. The second kappa shape index (κ2) is 10.9. The molecule has 2 aromatic carbocycles. The Morgan fingerprint density at radius 2 is 1.68 bits per heavy atom. The Morgan fingerprint density at radius 3 is 2.45 bits per heavy atom. The predicted octanol–water partition coefficient (Wildman–Crippen LogP) is 4.47. The standard InChI is InChI=1S/C25H21ClF2N6O3S/c26-17-2-3-21(18(13-17)16-4-7-30-24(12-16)34-10-8-29-9-11-34)37-22-14-20(28)23(15-19(22)27)38(35,36)33-25-31-5-1-6-32-25/h1-7,12-15,29H,8-11H2,(H,31,32,33). The van der Waals surface area contributed by atoms with Crippen molar-refractivity contribution in [3.05, 3.63) is 83.8 Å². The first-order valence-electron chi connectivity index (χ1n) is 11.5. The van der Waals surface area contributed by atoms with Crippen molar-refractivity contribution < 1.29 is 21.9 Å². The SMILES string of the molecule is O=S(=O)(Nc1ncccn1)c1cc(F)c(Oc2ccc(Cl)cc2-c2ccnc(N3CCNCC3)c2)cc1F. The zero-order valence-corrected chi connectivity index (χ0v) is 21.3. The van der Waals surface area contributed by atoms with E-state index < -0.39 is 32.3 Å². The van der Waals surface area contributed by atoms with Gasteiger partial charge >= 0.3 is 0 Å². The smallest absolute Gasteiger partial charge is 0.267 e. The molecule has 2 N–H and O–H groups in total. The van der Waals surface area contributed by atoms with Gasteiger partial charge in [0.1, 0.15) is 22.3 Å². The van der Waals surface area contributed by atoms with E-state index in [0.717, 1.165) is 32.0 Å². The van der Waals surface area contributed by atoms with E-state index >= 15 is 4.39 Å². The highest BCUT2D eigenvalue weighted by Crippen LogP contribution is 2.38. The van der Waals surface area contributed by atoms with Gasteiger partial charge in [0.25, 0.3) is 10.0 Å². The number of benzene rings is 2. The number of aromatic nitrogens is 3. The lowest BCUT2D eigenvalue weighted by Gasteiger charge is -2.28. The maximum atomic E-state index is 15.0. The van der Waals surface area contributed by atoms with Gasteiger partial charge in [-0.3, -0.25) is 0 Å². The summed E-state index contributed by atoms with van der Waals surface area (Å²) in [7, 11) is -4.51. The van der Waals surface area contributed by atoms with Crippen LogP contribution < -0.4 is 19.7 Å². The van der Waals surface area contributed by atoms with Crippen LogP contribution in [0, 0.1) is 11.6 Å². The molecule has 1 aliphatic heterocycles. The third-order valence-electron chi connectivity index (χ3n) is 5.73. The number of hydrogen-bond acceptors (Lipinski definition) is 8. The van der Waals surface area contributed by atoms with Crippen LogP contribution in [0.5, 0.6) is 11.5 Å². The minimum atomic E-state index is -4.51. The summed E-state index contributed by atoms with van der Waals surface area (Å²) in [6.07, 6.45) is 4.26. The molecule has 0 atom stereocenters. The molecule has 0 bridgehead atoms. The molecular formula is C25H21ClF2N6O3S. The van der Waals surface area contributed by atoms with Crippen LogP contribution in [0.25, 0.3) is 11.1 Å². The normalized spacial score (nSPS) is 13.8. The van der Waals surface area contributed by atoms with E-state index in [9.17, 15) is 12.8 Å². The molecule has 0 saturated carbocycles. The number of nitrogens with zero attached hydrogens (tertiary/aromatic N) is 4. The summed E-state index contributed by atoms with van der Waals surface area (Å²) >= 11 is 6.24. The van der Waals surface area contributed by atoms with Crippen molar-refractivity contribution in [2.24, 2.45) is 0 Å². The van der Waals surface area contributed by atoms with Gasteiger partial charge in [-0.2, -0.15) is 0 Å². The number of sulfonamides is 1. The zero-order chi connectivity index (χ0) is 26.7. The average molecular weight is 559 g/mol. The Kier molecular flexibility index (Phi) is 7.36. The third kappa shape index (κ3) is 5.67. The average Bonchev–Trinajstić information content (AvgIpc) is 2.92. The Morgan fingerprint density at radius 1 is 0.921 bits per heavy atom. The van der Waals surface area contributed by atoms with Crippen molar-refractivity contribution in [3.63, 3.8) is 0 Å². The summed E-state index contributed by atoms with van der Waals surface area (Å²) in [6.45, 7) is 3.25. The van der Waals surface area contributed by atoms with E-state index in [0.29, 0.717) is 28.3 Å². The molecule has 9 nitrogen and oxygen atoms in total. The number of anilines is 2. The fourth-order valence-corrected chi connectivity index (χ4v) is 5.11. The van der Waals surface area contributed by atoms with Crippen LogP contribution in [-0.4, -0.2) is 49.5 Å². The molecule has 0 amide bonds. The first kappa shape index (κ1) is 25.8. The van der Waals surface area contributed by atoms with E-state index in [2.05, 4.69) is 25.2 Å². The second-order valence-corrected chi connectivity index (χ2v) is 10.4. The molecule has 5 rings (SSSR count). The zero-order valence-electron chi connectivity index (χ0n) is 19.7. The minimum absolute atomic E-state index is 0.191.